The maximum Gasteiger partial charge on any atom is 0.313 e. The molecule has 1 aromatic carbocycles. The summed E-state index contributed by atoms with van der Waals surface area (Å²) in [4.78, 5) is 25.3. The number of thioether (sulfide) groups is 1. The van der Waals surface area contributed by atoms with Gasteiger partial charge in [-0.2, -0.15) is 0 Å². The largest absolute Gasteiger partial charge is 0.483 e. The minimum atomic E-state index is -0.863. The van der Waals surface area contributed by atoms with E-state index in [-0.39, 0.29) is 17.3 Å². The second-order valence-corrected chi connectivity index (χ2v) is 6.46. The van der Waals surface area contributed by atoms with Crippen molar-refractivity contribution >= 4 is 29.3 Å². The molecule has 0 fully saturated rings. The minimum Gasteiger partial charge on any atom is -0.483 e. The zero-order chi connectivity index (χ0) is 16.3. The van der Waals surface area contributed by atoms with E-state index in [0.717, 1.165) is 23.4 Å². The lowest BCUT2D eigenvalue weighted by molar-refractivity contribution is -0.133. The number of carbonyl (C=O) groups is 2. The topological polar surface area (TPSA) is 66.8 Å². The Balaban J connectivity index is 2.36. The molecule has 0 aromatic heterocycles. The number of nitrogens with zero attached hydrogens (tertiary/aromatic N) is 1. The van der Waals surface area contributed by atoms with Crippen LogP contribution >= 0.6 is 11.8 Å². The number of anilines is 1. The number of carbonyl (C=O) groups excluding carboxylic acids is 1. The predicted molar refractivity (Wildman–Crippen MR) is 86.8 cm³/mol. The summed E-state index contributed by atoms with van der Waals surface area (Å²) in [7, 11) is 0. The third-order valence-electron chi connectivity index (χ3n) is 4.03. The molecular formula is C16H21NO4S. The Kier molecular flexibility index (Phi) is 5.01. The summed E-state index contributed by atoms with van der Waals surface area (Å²) >= 11 is 1.23. The maximum atomic E-state index is 12.0. The van der Waals surface area contributed by atoms with Crippen molar-refractivity contribution in [1.29, 1.82) is 0 Å². The Morgan fingerprint density at radius 3 is 2.59 bits per heavy atom. The monoisotopic (exact) mass is 323 g/mol. The summed E-state index contributed by atoms with van der Waals surface area (Å²) in [5.74, 6) is -0.215. The average molecular weight is 323 g/mol. The van der Waals surface area contributed by atoms with Crippen LogP contribution in [0.15, 0.2) is 23.1 Å². The molecule has 120 valence electrons. The molecule has 1 aromatic rings. The fraction of sp³-hybridized carbons (Fsp3) is 0.500. The number of carboxylic acids is 1. The molecule has 6 heteroatoms. The van der Waals surface area contributed by atoms with E-state index in [9.17, 15) is 9.59 Å². The first kappa shape index (κ1) is 16.7. The van der Waals surface area contributed by atoms with Crippen LogP contribution in [0.25, 0.3) is 0 Å². The van der Waals surface area contributed by atoms with Crippen molar-refractivity contribution < 1.29 is 19.4 Å². The molecule has 5 nitrogen and oxygen atoms in total. The lowest BCUT2D eigenvalue weighted by atomic mass is 9.94. The van der Waals surface area contributed by atoms with Gasteiger partial charge in [-0.25, -0.2) is 0 Å². The molecule has 1 aliphatic rings. The fourth-order valence-electron chi connectivity index (χ4n) is 2.57. The molecule has 0 saturated carbocycles. The van der Waals surface area contributed by atoms with Crippen molar-refractivity contribution in [3.63, 3.8) is 0 Å². The van der Waals surface area contributed by atoms with E-state index in [1.165, 1.54) is 11.8 Å². The molecule has 1 heterocycles. The molecule has 0 saturated heterocycles. The van der Waals surface area contributed by atoms with Gasteiger partial charge < -0.3 is 14.7 Å². The van der Waals surface area contributed by atoms with Crippen LogP contribution in [0, 0.1) is 0 Å². The Morgan fingerprint density at radius 2 is 2.05 bits per heavy atom. The molecule has 0 unspecified atom stereocenters. The lowest BCUT2D eigenvalue weighted by Gasteiger charge is -2.43. The number of benzene rings is 1. The highest BCUT2D eigenvalue weighted by Crippen LogP contribution is 2.41. The molecule has 0 bridgehead atoms. The summed E-state index contributed by atoms with van der Waals surface area (Å²) in [6, 6.07) is 5.50. The number of aliphatic carboxylic acids is 1. The summed E-state index contributed by atoms with van der Waals surface area (Å²) in [5.41, 5.74) is 0.370. The van der Waals surface area contributed by atoms with Gasteiger partial charge in [0.25, 0.3) is 0 Å². The van der Waals surface area contributed by atoms with Gasteiger partial charge in [-0.05, 0) is 31.0 Å². The summed E-state index contributed by atoms with van der Waals surface area (Å²) in [6.07, 6.45) is 1.64. The van der Waals surface area contributed by atoms with Crippen molar-refractivity contribution in [3.05, 3.63) is 18.2 Å². The van der Waals surface area contributed by atoms with Crippen LogP contribution in [0.4, 0.5) is 5.69 Å². The third kappa shape index (κ3) is 3.38. The first-order valence-electron chi connectivity index (χ1n) is 7.36. The van der Waals surface area contributed by atoms with Gasteiger partial charge in [-0.3, -0.25) is 9.59 Å². The number of hydrogen-bond acceptors (Lipinski definition) is 4. The number of rotatable bonds is 5. The molecular weight excluding hydrogens is 302 g/mol. The van der Waals surface area contributed by atoms with E-state index in [0.29, 0.717) is 12.3 Å². The molecule has 22 heavy (non-hydrogen) atoms. The third-order valence-corrected chi connectivity index (χ3v) is 5.00. The predicted octanol–water partition coefficient (Wildman–Crippen LogP) is 3.17. The number of carboxylic acid groups (broad SMARTS) is 1. The van der Waals surface area contributed by atoms with Gasteiger partial charge in [0.05, 0.1) is 18.0 Å². The van der Waals surface area contributed by atoms with E-state index in [1.54, 1.807) is 11.8 Å². The van der Waals surface area contributed by atoms with Crippen molar-refractivity contribution in [2.24, 2.45) is 0 Å². The number of fused-ring (bicyclic) bond motifs is 1. The molecule has 0 radical (unpaired) electrons. The maximum absolute atomic E-state index is 12.0. The second-order valence-electron chi connectivity index (χ2n) is 5.41. The molecule has 1 amide bonds. The van der Waals surface area contributed by atoms with Crippen molar-refractivity contribution in [3.8, 4) is 5.75 Å². The van der Waals surface area contributed by atoms with Gasteiger partial charge >= 0.3 is 5.97 Å². The van der Waals surface area contributed by atoms with E-state index < -0.39 is 5.97 Å². The van der Waals surface area contributed by atoms with Crippen molar-refractivity contribution in [1.82, 2.24) is 0 Å². The first-order chi connectivity index (χ1) is 10.4. The summed E-state index contributed by atoms with van der Waals surface area (Å²) in [5, 5.41) is 8.78. The molecule has 0 spiro atoms. The van der Waals surface area contributed by atoms with Gasteiger partial charge in [0.15, 0.2) is 0 Å². The molecule has 0 atom stereocenters. The first-order valence-corrected chi connectivity index (χ1v) is 8.35. The van der Waals surface area contributed by atoms with Crippen LogP contribution in [-0.2, 0) is 9.59 Å². The highest BCUT2D eigenvalue weighted by Gasteiger charge is 2.38. The number of hydrogen-bond donors (Lipinski definition) is 1. The highest BCUT2D eigenvalue weighted by atomic mass is 32.2. The SMILES string of the molecule is CCC1(CC)CN(C(C)=O)c2cc(SCC(=O)O)ccc2O1. The Bertz CT molecular complexity index is 584. The average Bonchev–Trinajstić information content (AvgIpc) is 2.51. The normalized spacial score (nSPS) is 15.9. The Labute approximate surface area is 134 Å². The van der Waals surface area contributed by atoms with Crippen molar-refractivity contribution in [2.75, 3.05) is 17.2 Å². The van der Waals surface area contributed by atoms with Crippen LogP contribution in [0.2, 0.25) is 0 Å². The summed E-state index contributed by atoms with van der Waals surface area (Å²) < 4.78 is 6.16. The number of ether oxygens (including phenoxy) is 1. The smallest absolute Gasteiger partial charge is 0.313 e. The van der Waals surface area contributed by atoms with E-state index >= 15 is 0 Å². The van der Waals surface area contributed by atoms with Gasteiger partial charge in [0.1, 0.15) is 11.4 Å². The second kappa shape index (κ2) is 6.60. The van der Waals surface area contributed by atoms with Crippen LogP contribution in [0.3, 0.4) is 0 Å². The van der Waals surface area contributed by atoms with Gasteiger partial charge in [-0.15, -0.1) is 11.8 Å². The van der Waals surface area contributed by atoms with Crippen molar-refractivity contribution in [2.45, 2.75) is 44.1 Å². The Hall–Kier alpha value is -1.69. The van der Waals surface area contributed by atoms with E-state index in [2.05, 4.69) is 13.8 Å². The van der Waals surface area contributed by atoms with Crippen LogP contribution in [-0.4, -0.2) is 34.9 Å². The van der Waals surface area contributed by atoms with Gasteiger partial charge in [-0.1, -0.05) is 13.8 Å². The van der Waals surface area contributed by atoms with Crippen LogP contribution in [0.1, 0.15) is 33.6 Å². The van der Waals surface area contributed by atoms with Gasteiger partial charge in [0.2, 0.25) is 5.91 Å². The fourth-order valence-corrected chi connectivity index (χ4v) is 3.22. The van der Waals surface area contributed by atoms with Crippen LogP contribution in [0.5, 0.6) is 5.75 Å². The zero-order valence-corrected chi connectivity index (χ0v) is 13.9. The Morgan fingerprint density at radius 1 is 1.36 bits per heavy atom. The lowest BCUT2D eigenvalue weighted by Crippen LogP contribution is -2.51. The standard InChI is InChI=1S/C16H21NO4S/c1-4-16(5-2)10-17(11(3)18)13-8-12(22-9-15(19)20)6-7-14(13)21-16/h6-8H,4-5,9-10H2,1-3H3,(H,19,20). The van der Waals surface area contributed by atoms with E-state index in [1.807, 2.05) is 18.2 Å². The van der Waals surface area contributed by atoms with Gasteiger partial charge in [0, 0.05) is 11.8 Å². The molecule has 1 aliphatic heterocycles. The molecule has 0 aliphatic carbocycles. The van der Waals surface area contributed by atoms with E-state index in [4.69, 9.17) is 9.84 Å². The highest BCUT2D eigenvalue weighted by molar-refractivity contribution is 8.00. The minimum absolute atomic E-state index is 0.00638. The molecule has 1 N–H and O–H groups in total. The quantitative estimate of drug-likeness (QED) is 0.843. The summed E-state index contributed by atoms with van der Waals surface area (Å²) in [6.45, 7) is 6.19. The molecule has 2 rings (SSSR count). The zero-order valence-electron chi connectivity index (χ0n) is 13.1. The van der Waals surface area contributed by atoms with Crippen LogP contribution < -0.4 is 9.64 Å². The number of amides is 1.